The average Bonchev–Trinajstić information content (AvgIpc) is 3.17. The highest BCUT2D eigenvalue weighted by molar-refractivity contribution is 5.83. The zero-order valence-corrected chi connectivity index (χ0v) is 17.5. The number of ether oxygens (including phenoxy) is 3. The standard InChI is InChI=1S/C21H32N2O5/c1-6-8-9-22-21(25)16-13-23(19(24)7-2)12-15(16)14-10-17(26-3)20(28-5)18(11-14)27-4/h10-11,15-16H,6-9,12-13H2,1-5H3,(H,22,25). The van der Waals surface area contributed by atoms with Gasteiger partial charge in [-0.3, -0.25) is 9.59 Å². The Morgan fingerprint density at radius 3 is 2.21 bits per heavy atom. The Labute approximate surface area is 167 Å². The van der Waals surface area contributed by atoms with E-state index < -0.39 is 0 Å². The molecule has 1 saturated heterocycles. The van der Waals surface area contributed by atoms with Crippen molar-refractivity contribution in [3.05, 3.63) is 17.7 Å². The summed E-state index contributed by atoms with van der Waals surface area (Å²) in [5, 5.41) is 3.02. The number of amides is 2. The monoisotopic (exact) mass is 392 g/mol. The van der Waals surface area contributed by atoms with Crippen molar-refractivity contribution in [2.24, 2.45) is 5.92 Å². The fourth-order valence-corrected chi connectivity index (χ4v) is 3.67. The highest BCUT2D eigenvalue weighted by Crippen LogP contribution is 2.43. The summed E-state index contributed by atoms with van der Waals surface area (Å²) in [6.45, 7) is 5.49. The minimum atomic E-state index is -0.310. The van der Waals surface area contributed by atoms with Crippen LogP contribution in [-0.2, 0) is 9.59 Å². The summed E-state index contributed by atoms with van der Waals surface area (Å²) in [7, 11) is 4.69. The Morgan fingerprint density at radius 1 is 1.07 bits per heavy atom. The fourth-order valence-electron chi connectivity index (χ4n) is 3.67. The van der Waals surface area contributed by atoms with Gasteiger partial charge in [0.1, 0.15) is 0 Å². The van der Waals surface area contributed by atoms with Crippen LogP contribution >= 0.6 is 0 Å². The van der Waals surface area contributed by atoms with Crippen LogP contribution in [0.2, 0.25) is 0 Å². The van der Waals surface area contributed by atoms with Crippen LogP contribution in [0.1, 0.15) is 44.6 Å². The zero-order chi connectivity index (χ0) is 20.7. The zero-order valence-electron chi connectivity index (χ0n) is 17.5. The van der Waals surface area contributed by atoms with Crippen molar-refractivity contribution in [3.63, 3.8) is 0 Å². The topological polar surface area (TPSA) is 77.1 Å². The molecule has 1 N–H and O–H groups in total. The molecule has 0 saturated carbocycles. The van der Waals surface area contributed by atoms with E-state index in [4.69, 9.17) is 14.2 Å². The Balaban J connectivity index is 2.37. The molecule has 0 aliphatic carbocycles. The third kappa shape index (κ3) is 4.69. The number of unbranched alkanes of at least 4 members (excludes halogenated alkanes) is 1. The second kappa shape index (κ2) is 10.2. The molecule has 28 heavy (non-hydrogen) atoms. The summed E-state index contributed by atoms with van der Waals surface area (Å²) >= 11 is 0. The highest BCUT2D eigenvalue weighted by atomic mass is 16.5. The average molecular weight is 392 g/mol. The summed E-state index contributed by atoms with van der Waals surface area (Å²) in [4.78, 5) is 26.9. The number of hydrogen-bond acceptors (Lipinski definition) is 5. The van der Waals surface area contributed by atoms with Crippen LogP contribution in [0.3, 0.4) is 0 Å². The van der Waals surface area contributed by atoms with Gasteiger partial charge in [0.25, 0.3) is 0 Å². The number of benzene rings is 1. The summed E-state index contributed by atoms with van der Waals surface area (Å²) in [6.07, 6.45) is 2.37. The molecule has 2 atom stereocenters. The van der Waals surface area contributed by atoms with Crippen LogP contribution in [0.4, 0.5) is 0 Å². The number of carbonyl (C=O) groups excluding carboxylic acids is 2. The number of rotatable bonds is 9. The molecule has 0 spiro atoms. The SMILES string of the molecule is CCCCNC(=O)C1CN(C(=O)CC)CC1c1cc(OC)c(OC)c(OC)c1. The van der Waals surface area contributed by atoms with Crippen molar-refractivity contribution in [3.8, 4) is 17.2 Å². The lowest BCUT2D eigenvalue weighted by Gasteiger charge is -2.21. The Hall–Kier alpha value is -2.44. The highest BCUT2D eigenvalue weighted by Gasteiger charge is 2.40. The molecule has 156 valence electrons. The summed E-state index contributed by atoms with van der Waals surface area (Å²) < 4.78 is 16.3. The first-order chi connectivity index (χ1) is 13.5. The molecule has 7 heteroatoms. The molecule has 1 heterocycles. The van der Waals surface area contributed by atoms with Gasteiger partial charge >= 0.3 is 0 Å². The van der Waals surface area contributed by atoms with E-state index in [1.807, 2.05) is 19.1 Å². The van der Waals surface area contributed by atoms with E-state index in [-0.39, 0.29) is 23.7 Å². The van der Waals surface area contributed by atoms with Crippen molar-refractivity contribution >= 4 is 11.8 Å². The predicted molar refractivity (Wildman–Crippen MR) is 107 cm³/mol. The minimum Gasteiger partial charge on any atom is -0.493 e. The normalized spacial score (nSPS) is 18.7. The lowest BCUT2D eigenvalue weighted by atomic mass is 9.88. The molecule has 7 nitrogen and oxygen atoms in total. The maximum atomic E-state index is 12.9. The number of carbonyl (C=O) groups is 2. The van der Waals surface area contributed by atoms with Gasteiger partial charge < -0.3 is 24.4 Å². The van der Waals surface area contributed by atoms with Gasteiger partial charge in [0.15, 0.2) is 11.5 Å². The predicted octanol–water partition coefficient (Wildman–Crippen LogP) is 2.58. The van der Waals surface area contributed by atoms with Crippen LogP contribution in [0, 0.1) is 5.92 Å². The van der Waals surface area contributed by atoms with E-state index in [0.717, 1.165) is 18.4 Å². The molecule has 2 unspecified atom stereocenters. The first-order valence-electron chi connectivity index (χ1n) is 9.85. The first-order valence-corrected chi connectivity index (χ1v) is 9.85. The van der Waals surface area contributed by atoms with Gasteiger partial charge in [0.05, 0.1) is 27.2 Å². The largest absolute Gasteiger partial charge is 0.493 e. The second-order valence-corrected chi connectivity index (χ2v) is 6.97. The molecule has 0 aromatic heterocycles. The van der Waals surface area contributed by atoms with Crippen LogP contribution in [0.15, 0.2) is 12.1 Å². The maximum Gasteiger partial charge on any atom is 0.225 e. The maximum absolute atomic E-state index is 12.9. The summed E-state index contributed by atoms with van der Waals surface area (Å²) in [5.41, 5.74) is 0.900. The number of likely N-dealkylation sites (tertiary alicyclic amines) is 1. The van der Waals surface area contributed by atoms with E-state index in [1.54, 1.807) is 26.2 Å². The van der Waals surface area contributed by atoms with Crippen molar-refractivity contribution in [2.75, 3.05) is 41.0 Å². The first kappa shape index (κ1) is 21.9. The van der Waals surface area contributed by atoms with Crippen LogP contribution in [-0.4, -0.2) is 57.7 Å². The van der Waals surface area contributed by atoms with Crippen LogP contribution < -0.4 is 19.5 Å². The van der Waals surface area contributed by atoms with Crippen LogP contribution in [0.5, 0.6) is 17.2 Å². The molecule has 1 aliphatic heterocycles. The van der Waals surface area contributed by atoms with Gasteiger partial charge in [-0.05, 0) is 24.1 Å². The third-order valence-corrected chi connectivity index (χ3v) is 5.26. The van der Waals surface area contributed by atoms with Gasteiger partial charge in [-0.2, -0.15) is 0 Å². The van der Waals surface area contributed by atoms with Gasteiger partial charge in [0.2, 0.25) is 17.6 Å². The molecule has 1 aliphatic rings. The lowest BCUT2D eigenvalue weighted by Crippen LogP contribution is -2.36. The second-order valence-electron chi connectivity index (χ2n) is 6.97. The van der Waals surface area contributed by atoms with E-state index in [9.17, 15) is 9.59 Å². The van der Waals surface area contributed by atoms with E-state index in [2.05, 4.69) is 12.2 Å². The van der Waals surface area contributed by atoms with E-state index in [0.29, 0.717) is 43.3 Å². The number of nitrogens with zero attached hydrogens (tertiary/aromatic N) is 1. The van der Waals surface area contributed by atoms with Gasteiger partial charge in [0, 0.05) is 32.0 Å². The number of methoxy groups -OCH3 is 3. The molecular formula is C21H32N2O5. The van der Waals surface area contributed by atoms with Crippen molar-refractivity contribution < 1.29 is 23.8 Å². The van der Waals surface area contributed by atoms with Crippen molar-refractivity contribution in [1.29, 1.82) is 0 Å². The number of hydrogen-bond donors (Lipinski definition) is 1. The Bertz CT molecular complexity index is 666. The molecule has 1 fully saturated rings. The lowest BCUT2D eigenvalue weighted by molar-refractivity contribution is -0.130. The van der Waals surface area contributed by atoms with Gasteiger partial charge in [-0.25, -0.2) is 0 Å². The number of nitrogens with one attached hydrogen (secondary N) is 1. The summed E-state index contributed by atoms with van der Waals surface area (Å²) in [6, 6.07) is 3.75. The molecule has 1 aromatic rings. The summed E-state index contributed by atoms with van der Waals surface area (Å²) in [5.74, 6) is 1.20. The molecule has 0 radical (unpaired) electrons. The van der Waals surface area contributed by atoms with Crippen LogP contribution in [0.25, 0.3) is 0 Å². The smallest absolute Gasteiger partial charge is 0.225 e. The third-order valence-electron chi connectivity index (χ3n) is 5.26. The molecular weight excluding hydrogens is 360 g/mol. The quantitative estimate of drug-likeness (QED) is 0.654. The van der Waals surface area contributed by atoms with Gasteiger partial charge in [-0.1, -0.05) is 20.3 Å². The van der Waals surface area contributed by atoms with E-state index in [1.165, 1.54) is 0 Å². The van der Waals surface area contributed by atoms with Crippen molar-refractivity contribution in [2.45, 2.75) is 39.0 Å². The molecule has 2 amide bonds. The molecule has 0 bridgehead atoms. The van der Waals surface area contributed by atoms with Crippen molar-refractivity contribution in [1.82, 2.24) is 10.2 Å². The molecule has 1 aromatic carbocycles. The Kier molecular flexibility index (Phi) is 7.96. The molecule has 2 rings (SSSR count). The van der Waals surface area contributed by atoms with Gasteiger partial charge in [-0.15, -0.1) is 0 Å². The van der Waals surface area contributed by atoms with E-state index >= 15 is 0 Å². The Morgan fingerprint density at radius 2 is 1.71 bits per heavy atom. The fraction of sp³-hybridized carbons (Fsp3) is 0.619. The minimum absolute atomic E-state index is 0.0152.